The molecule has 0 aliphatic rings. The third kappa shape index (κ3) is 5.45. The lowest BCUT2D eigenvalue weighted by Gasteiger charge is -2.07. The maximum atomic E-state index is 11.5. The van der Waals surface area contributed by atoms with E-state index in [1.807, 2.05) is 30.3 Å². The van der Waals surface area contributed by atoms with E-state index in [4.69, 9.17) is 10.8 Å². The minimum absolute atomic E-state index is 0.199. The summed E-state index contributed by atoms with van der Waals surface area (Å²) in [5.41, 5.74) is 5.72. The molecule has 0 fully saturated rings. The molecule has 1 aromatic rings. The van der Waals surface area contributed by atoms with Gasteiger partial charge in [0.1, 0.15) is 6.10 Å². The first-order valence-corrected chi connectivity index (χ1v) is 5.74. The quantitative estimate of drug-likeness (QED) is 0.593. The number of primary amides is 1. The predicted octanol–water partition coefficient (Wildman–Crippen LogP) is -0.0184. The van der Waals surface area contributed by atoms with Gasteiger partial charge >= 0.3 is 0 Å². The maximum absolute atomic E-state index is 11.5. The molecule has 0 aromatic heterocycles. The van der Waals surface area contributed by atoms with Gasteiger partial charge in [0.25, 0.3) is 0 Å². The largest absolute Gasteiger partial charge is 0.383 e. The monoisotopic (exact) mass is 249 g/mol. The van der Waals surface area contributed by atoms with Crippen LogP contribution >= 0.6 is 0 Å². The first kappa shape index (κ1) is 14.2. The fourth-order valence-corrected chi connectivity index (χ4v) is 1.40. The van der Waals surface area contributed by atoms with Crippen LogP contribution in [0.5, 0.6) is 0 Å². The topological polar surface area (TPSA) is 92.4 Å². The number of hydrogen-bond donors (Lipinski definition) is 3. The number of benzene rings is 1. The molecule has 1 rings (SSSR count). The Hall–Kier alpha value is -1.88. The molecule has 18 heavy (non-hydrogen) atoms. The number of nitrogens with one attached hydrogen (secondary N) is 1. The van der Waals surface area contributed by atoms with E-state index < -0.39 is 12.0 Å². The molecule has 0 saturated heterocycles. The summed E-state index contributed by atoms with van der Waals surface area (Å²) in [5, 5.41) is 11.8. The van der Waals surface area contributed by atoms with Gasteiger partial charge in [-0.15, -0.1) is 0 Å². The number of rotatable bonds is 7. The second kappa shape index (κ2) is 7.45. The summed E-state index contributed by atoms with van der Waals surface area (Å²) in [7, 11) is 0. The van der Waals surface area contributed by atoms with Crippen molar-refractivity contribution in [3.05, 3.63) is 42.3 Å². The molecule has 0 heterocycles. The van der Waals surface area contributed by atoms with Crippen molar-refractivity contribution >= 4 is 11.8 Å². The SMILES string of the molecule is NC(=O)C(O)CCCNC(=O)[CH]c1ccccc1. The van der Waals surface area contributed by atoms with Gasteiger partial charge in [-0.25, -0.2) is 0 Å². The van der Waals surface area contributed by atoms with Crippen molar-refractivity contribution in [2.75, 3.05) is 6.54 Å². The van der Waals surface area contributed by atoms with Crippen LogP contribution in [-0.4, -0.2) is 29.6 Å². The van der Waals surface area contributed by atoms with E-state index in [1.165, 1.54) is 6.42 Å². The number of amides is 2. The Balaban J connectivity index is 2.16. The first-order chi connectivity index (χ1) is 8.59. The Morgan fingerprint density at radius 1 is 1.33 bits per heavy atom. The predicted molar refractivity (Wildman–Crippen MR) is 67.3 cm³/mol. The summed E-state index contributed by atoms with van der Waals surface area (Å²) >= 11 is 0. The Bertz CT molecular complexity index is 392. The normalized spacial score (nSPS) is 11.8. The summed E-state index contributed by atoms with van der Waals surface area (Å²) in [6.45, 7) is 0.395. The Labute approximate surface area is 106 Å². The Morgan fingerprint density at radius 3 is 2.61 bits per heavy atom. The third-order valence-corrected chi connectivity index (χ3v) is 2.38. The molecule has 0 saturated carbocycles. The summed E-state index contributed by atoms with van der Waals surface area (Å²) in [6, 6.07) is 9.23. The van der Waals surface area contributed by atoms with Gasteiger partial charge < -0.3 is 16.2 Å². The van der Waals surface area contributed by atoms with Crippen molar-refractivity contribution in [1.82, 2.24) is 5.32 Å². The van der Waals surface area contributed by atoms with Crippen LogP contribution in [0.25, 0.3) is 0 Å². The van der Waals surface area contributed by atoms with Gasteiger partial charge in [0.05, 0.1) is 6.42 Å². The minimum atomic E-state index is -1.14. The van der Waals surface area contributed by atoms with Gasteiger partial charge in [0.15, 0.2) is 0 Å². The van der Waals surface area contributed by atoms with E-state index in [2.05, 4.69) is 5.32 Å². The Morgan fingerprint density at radius 2 is 2.00 bits per heavy atom. The third-order valence-electron chi connectivity index (χ3n) is 2.38. The van der Waals surface area contributed by atoms with Crippen LogP contribution in [0.2, 0.25) is 0 Å². The molecule has 0 spiro atoms. The number of aliphatic hydroxyl groups is 1. The van der Waals surface area contributed by atoms with Crippen molar-refractivity contribution in [3.63, 3.8) is 0 Å². The van der Waals surface area contributed by atoms with Crippen molar-refractivity contribution in [2.24, 2.45) is 5.73 Å². The molecule has 97 valence electrons. The zero-order valence-corrected chi connectivity index (χ0v) is 10.0. The fraction of sp³-hybridized carbons (Fsp3) is 0.308. The molecule has 1 aromatic carbocycles. The summed E-state index contributed by atoms with van der Waals surface area (Å²) < 4.78 is 0. The molecule has 2 amide bonds. The van der Waals surface area contributed by atoms with Crippen LogP contribution in [0.15, 0.2) is 30.3 Å². The highest BCUT2D eigenvalue weighted by atomic mass is 16.3. The van der Waals surface area contributed by atoms with Gasteiger partial charge in [0.2, 0.25) is 11.8 Å². The lowest BCUT2D eigenvalue weighted by atomic mass is 10.1. The van der Waals surface area contributed by atoms with Crippen LogP contribution in [0.4, 0.5) is 0 Å². The summed E-state index contributed by atoms with van der Waals surface area (Å²) in [5.74, 6) is -0.938. The van der Waals surface area contributed by atoms with Crippen molar-refractivity contribution in [2.45, 2.75) is 18.9 Å². The molecule has 4 N–H and O–H groups in total. The molecule has 0 aliphatic carbocycles. The zero-order chi connectivity index (χ0) is 13.4. The van der Waals surface area contributed by atoms with Crippen LogP contribution < -0.4 is 11.1 Å². The number of hydrogen-bond acceptors (Lipinski definition) is 3. The molecular weight excluding hydrogens is 232 g/mol. The molecule has 1 atom stereocenters. The summed E-state index contributed by atoms with van der Waals surface area (Å²) in [4.78, 5) is 22.0. The molecular formula is C13H17N2O3. The Kier molecular flexibility index (Phi) is 5.87. The first-order valence-electron chi connectivity index (χ1n) is 5.74. The van der Waals surface area contributed by atoms with Gasteiger partial charge in [-0.2, -0.15) is 0 Å². The highest BCUT2D eigenvalue weighted by Gasteiger charge is 2.10. The molecule has 0 aliphatic heterocycles. The standard InChI is InChI=1S/C13H17N2O3/c14-13(18)11(16)7-4-8-15-12(17)9-10-5-2-1-3-6-10/h1-3,5-6,9,11,16H,4,7-8H2,(H2,14,18)(H,15,17). The van der Waals surface area contributed by atoms with Gasteiger partial charge in [-0.1, -0.05) is 30.3 Å². The number of carbonyl (C=O) groups excluding carboxylic acids is 2. The van der Waals surface area contributed by atoms with Gasteiger partial charge in [0, 0.05) is 6.54 Å². The van der Waals surface area contributed by atoms with Crippen molar-refractivity contribution in [3.8, 4) is 0 Å². The zero-order valence-electron chi connectivity index (χ0n) is 10.0. The molecule has 5 heteroatoms. The summed E-state index contributed by atoms with van der Waals surface area (Å²) in [6.07, 6.45) is 1.10. The fourth-order valence-electron chi connectivity index (χ4n) is 1.40. The average molecular weight is 249 g/mol. The van der Waals surface area contributed by atoms with E-state index in [0.29, 0.717) is 13.0 Å². The van der Waals surface area contributed by atoms with Gasteiger partial charge in [-0.3, -0.25) is 9.59 Å². The van der Waals surface area contributed by atoms with E-state index >= 15 is 0 Å². The number of carbonyl (C=O) groups is 2. The van der Waals surface area contributed by atoms with E-state index in [1.54, 1.807) is 0 Å². The van der Waals surface area contributed by atoms with E-state index in [0.717, 1.165) is 5.56 Å². The lowest BCUT2D eigenvalue weighted by Crippen LogP contribution is -2.30. The number of nitrogens with two attached hydrogens (primary N) is 1. The van der Waals surface area contributed by atoms with Crippen molar-refractivity contribution < 1.29 is 14.7 Å². The maximum Gasteiger partial charge on any atom is 0.246 e. The van der Waals surface area contributed by atoms with E-state index in [-0.39, 0.29) is 12.3 Å². The average Bonchev–Trinajstić information content (AvgIpc) is 2.35. The highest BCUT2D eigenvalue weighted by Crippen LogP contribution is 2.01. The second-order valence-corrected chi connectivity index (χ2v) is 3.91. The van der Waals surface area contributed by atoms with Gasteiger partial charge in [-0.05, 0) is 18.4 Å². The van der Waals surface area contributed by atoms with E-state index in [9.17, 15) is 9.59 Å². The second-order valence-electron chi connectivity index (χ2n) is 3.91. The molecule has 1 radical (unpaired) electrons. The smallest absolute Gasteiger partial charge is 0.246 e. The highest BCUT2D eigenvalue weighted by molar-refractivity contribution is 5.88. The molecule has 5 nitrogen and oxygen atoms in total. The van der Waals surface area contributed by atoms with Crippen LogP contribution in [-0.2, 0) is 9.59 Å². The van der Waals surface area contributed by atoms with Crippen molar-refractivity contribution in [1.29, 1.82) is 0 Å². The van der Waals surface area contributed by atoms with Crippen LogP contribution in [0.1, 0.15) is 18.4 Å². The van der Waals surface area contributed by atoms with Crippen LogP contribution in [0, 0.1) is 6.42 Å². The molecule has 1 unspecified atom stereocenters. The van der Waals surface area contributed by atoms with Crippen LogP contribution in [0.3, 0.4) is 0 Å². The molecule has 0 bridgehead atoms. The lowest BCUT2D eigenvalue weighted by molar-refractivity contribution is -0.126. The minimum Gasteiger partial charge on any atom is -0.383 e. The number of aliphatic hydroxyl groups excluding tert-OH is 1.